The molecule has 2 aromatic rings. The number of thioether (sulfide) groups is 1. The topological polar surface area (TPSA) is 85.8 Å². The average Bonchev–Trinajstić information content (AvgIpc) is 3.25. The standard InChI is InChI=1S/C13H13Cl2N5OS/c14-8-2-1-3-9(11(8)15)17-10(21)6-22-13-19-18-12(16)20(13)7-4-5-7/h1-3,7H,4-6H2,(H2,16,18)(H,17,21). The Balaban J connectivity index is 1.62. The van der Waals surface area contributed by atoms with E-state index in [0.29, 0.717) is 32.9 Å². The van der Waals surface area contributed by atoms with E-state index in [1.807, 2.05) is 4.57 Å². The summed E-state index contributed by atoms with van der Waals surface area (Å²) in [5.74, 6) is 0.384. The first-order valence-electron chi connectivity index (χ1n) is 6.63. The van der Waals surface area contributed by atoms with Crippen LogP contribution in [0.1, 0.15) is 18.9 Å². The summed E-state index contributed by atoms with van der Waals surface area (Å²) in [5, 5.41) is 12.0. The molecule has 1 heterocycles. The number of nitrogens with two attached hydrogens (primary N) is 1. The number of carbonyl (C=O) groups excluding carboxylic acids is 1. The van der Waals surface area contributed by atoms with E-state index < -0.39 is 0 Å². The molecule has 0 spiro atoms. The molecule has 0 bridgehead atoms. The van der Waals surface area contributed by atoms with Crippen molar-refractivity contribution in [3.8, 4) is 0 Å². The van der Waals surface area contributed by atoms with Crippen LogP contribution >= 0.6 is 35.0 Å². The highest BCUT2D eigenvalue weighted by molar-refractivity contribution is 7.99. The van der Waals surface area contributed by atoms with Gasteiger partial charge in [0, 0.05) is 6.04 Å². The summed E-state index contributed by atoms with van der Waals surface area (Å²) in [6.07, 6.45) is 2.14. The largest absolute Gasteiger partial charge is 0.368 e. The molecule has 0 unspecified atom stereocenters. The highest BCUT2D eigenvalue weighted by Crippen LogP contribution is 2.39. The van der Waals surface area contributed by atoms with E-state index in [1.54, 1.807) is 18.2 Å². The maximum atomic E-state index is 12.0. The van der Waals surface area contributed by atoms with Gasteiger partial charge in [0.05, 0.1) is 21.5 Å². The third kappa shape index (κ3) is 3.31. The third-order valence-electron chi connectivity index (χ3n) is 3.16. The molecule has 1 aromatic carbocycles. The van der Waals surface area contributed by atoms with Gasteiger partial charge in [-0.05, 0) is 25.0 Å². The first-order valence-corrected chi connectivity index (χ1v) is 8.37. The van der Waals surface area contributed by atoms with E-state index in [-0.39, 0.29) is 11.7 Å². The second-order valence-electron chi connectivity index (χ2n) is 4.88. The van der Waals surface area contributed by atoms with Crippen LogP contribution in [-0.2, 0) is 4.79 Å². The van der Waals surface area contributed by atoms with Gasteiger partial charge >= 0.3 is 0 Å². The van der Waals surface area contributed by atoms with Crippen molar-refractivity contribution >= 4 is 52.5 Å². The molecule has 1 amide bonds. The molecule has 9 heteroatoms. The molecule has 0 saturated heterocycles. The molecule has 3 rings (SSSR count). The van der Waals surface area contributed by atoms with Gasteiger partial charge in [-0.25, -0.2) is 0 Å². The van der Waals surface area contributed by atoms with Crippen LogP contribution in [0.3, 0.4) is 0 Å². The summed E-state index contributed by atoms with van der Waals surface area (Å²) < 4.78 is 1.88. The lowest BCUT2D eigenvalue weighted by molar-refractivity contribution is -0.113. The summed E-state index contributed by atoms with van der Waals surface area (Å²) >= 11 is 13.2. The van der Waals surface area contributed by atoms with Crippen LogP contribution in [0.25, 0.3) is 0 Å². The molecule has 6 nitrogen and oxygen atoms in total. The highest BCUT2D eigenvalue weighted by Gasteiger charge is 2.29. The summed E-state index contributed by atoms with van der Waals surface area (Å²) in [4.78, 5) is 12.0. The highest BCUT2D eigenvalue weighted by atomic mass is 35.5. The number of rotatable bonds is 5. The van der Waals surface area contributed by atoms with E-state index in [2.05, 4.69) is 15.5 Å². The molecule has 1 fully saturated rings. The number of nitrogens with zero attached hydrogens (tertiary/aromatic N) is 3. The third-order valence-corrected chi connectivity index (χ3v) is 4.92. The van der Waals surface area contributed by atoms with Crippen LogP contribution < -0.4 is 11.1 Å². The van der Waals surface area contributed by atoms with Crippen LogP contribution in [0.5, 0.6) is 0 Å². The van der Waals surface area contributed by atoms with Crippen molar-refractivity contribution in [3.63, 3.8) is 0 Å². The molecular formula is C13H13Cl2N5OS. The Labute approximate surface area is 141 Å². The second-order valence-corrected chi connectivity index (χ2v) is 6.61. The zero-order valence-electron chi connectivity index (χ0n) is 11.4. The van der Waals surface area contributed by atoms with Crippen molar-refractivity contribution in [2.75, 3.05) is 16.8 Å². The number of nitrogens with one attached hydrogen (secondary N) is 1. The number of nitrogen functional groups attached to an aromatic ring is 1. The van der Waals surface area contributed by atoms with Gasteiger partial charge in [0.25, 0.3) is 0 Å². The molecule has 1 aliphatic rings. The van der Waals surface area contributed by atoms with Gasteiger partial charge in [0.2, 0.25) is 11.9 Å². The number of anilines is 2. The molecule has 0 aliphatic heterocycles. The average molecular weight is 358 g/mol. The van der Waals surface area contributed by atoms with Crippen molar-refractivity contribution < 1.29 is 4.79 Å². The number of hydrogen-bond donors (Lipinski definition) is 2. The first-order chi connectivity index (χ1) is 10.6. The van der Waals surface area contributed by atoms with E-state index in [9.17, 15) is 4.79 Å². The molecule has 0 atom stereocenters. The van der Waals surface area contributed by atoms with Gasteiger partial charge in [0.15, 0.2) is 5.16 Å². The van der Waals surface area contributed by atoms with Gasteiger partial charge in [0.1, 0.15) is 0 Å². The van der Waals surface area contributed by atoms with Crippen LogP contribution in [0, 0.1) is 0 Å². The van der Waals surface area contributed by atoms with Crippen molar-refractivity contribution in [3.05, 3.63) is 28.2 Å². The maximum Gasteiger partial charge on any atom is 0.234 e. The molecule has 116 valence electrons. The van der Waals surface area contributed by atoms with Crippen molar-refractivity contribution in [1.82, 2.24) is 14.8 Å². The smallest absolute Gasteiger partial charge is 0.234 e. The maximum absolute atomic E-state index is 12.0. The number of benzene rings is 1. The Bertz CT molecular complexity index is 716. The number of amides is 1. The predicted molar refractivity (Wildman–Crippen MR) is 88.5 cm³/mol. The molecule has 22 heavy (non-hydrogen) atoms. The minimum atomic E-state index is -0.196. The van der Waals surface area contributed by atoms with E-state index >= 15 is 0 Å². The quantitative estimate of drug-likeness (QED) is 0.802. The van der Waals surface area contributed by atoms with Crippen molar-refractivity contribution in [1.29, 1.82) is 0 Å². The molecule has 1 saturated carbocycles. The Morgan fingerprint density at radius 2 is 2.18 bits per heavy atom. The van der Waals surface area contributed by atoms with Gasteiger partial charge in [-0.3, -0.25) is 9.36 Å². The molecular weight excluding hydrogens is 345 g/mol. The Kier molecular flexibility index (Phi) is 4.46. The monoisotopic (exact) mass is 357 g/mol. The molecule has 3 N–H and O–H groups in total. The number of aromatic nitrogens is 3. The van der Waals surface area contributed by atoms with Crippen LogP contribution in [0.15, 0.2) is 23.4 Å². The normalized spacial score (nSPS) is 14.1. The van der Waals surface area contributed by atoms with Crippen LogP contribution in [0.4, 0.5) is 11.6 Å². The lowest BCUT2D eigenvalue weighted by Crippen LogP contribution is -2.15. The van der Waals surface area contributed by atoms with Crippen LogP contribution in [-0.4, -0.2) is 26.4 Å². The second kappa shape index (κ2) is 6.36. The summed E-state index contributed by atoms with van der Waals surface area (Å²) in [6.45, 7) is 0. The minimum absolute atomic E-state index is 0.188. The Hall–Kier alpha value is -1.44. The number of halogens is 2. The minimum Gasteiger partial charge on any atom is -0.368 e. The van der Waals surface area contributed by atoms with Gasteiger partial charge in [-0.15, -0.1) is 10.2 Å². The fourth-order valence-corrected chi connectivity index (χ4v) is 3.14. The van der Waals surface area contributed by atoms with Gasteiger partial charge in [-0.1, -0.05) is 41.0 Å². The number of hydrogen-bond acceptors (Lipinski definition) is 5. The fourth-order valence-electron chi connectivity index (χ4n) is 1.98. The SMILES string of the molecule is Nc1nnc(SCC(=O)Nc2cccc(Cl)c2Cl)n1C1CC1. The van der Waals surface area contributed by atoms with Crippen molar-refractivity contribution in [2.45, 2.75) is 24.0 Å². The van der Waals surface area contributed by atoms with Gasteiger partial charge in [-0.2, -0.15) is 0 Å². The van der Waals surface area contributed by atoms with Gasteiger partial charge < -0.3 is 11.1 Å². The van der Waals surface area contributed by atoms with Crippen LogP contribution in [0.2, 0.25) is 10.0 Å². The Morgan fingerprint density at radius 1 is 1.41 bits per heavy atom. The first kappa shape index (κ1) is 15.5. The molecule has 1 aromatic heterocycles. The summed E-state index contributed by atoms with van der Waals surface area (Å²) in [6, 6.07) is 5.45. The van der Waals surface area contributed by atoms with E-state index in [1.165, 1.54) is 11.8 Å². The predicted octanol–water partition coefficient (Wildman–Crippen LogP) is 3.23. The van der Waals surface area contributed by atoms with E-state index in [0.717, 1.165) is 12.8 Å². The van der Waals surface area contributed by atoms with E-state index in [4.69, 9.17) is 28.9 Å². The number of carbonyl (C=O) groups is 1. The summed E-state index contributed by atoms with van der Waals surface area (Å²) in [5.41, 5.74) is 6.28. The zero-order valence-corrected chi connectivity index (χ0v) is 13.8. The summed E-state index contributed by atoms with van der Waals surface area (Å²) in [7, 11) is 0. The fraction of sp³-hybridized carbons (Fsp3) is 0.308. The Morgan fingerprint density at radius 3 is 2.91 bits per heavy atom. The lowest BCUT2D eigenvalue weighted by atomic mass is 10.3. The molecule has 1 aliphatic carbocycles. The molecule has 0 radical (unpaired) electrons. The van der Waals surface area contributed by atoms with Crippen molar-refractivity contribution in [2.24, 2.45) is 0 Å². The lowest BCUT2D eigenvalue weighted by Gasteiger charge is -2.08. The zero-order chi connectivity index (χ0) is 15.7.